The summed E-state index contributed by atoms with van der Waals surface area (Å²) in [6, 6.07) is 8.67. The Kier molecular flexibility index (Phi) is 4.15. The normalized spacial score (nSPS) is 24.2. The van der Waals surface area contributed by atoms with E-state index in [-0.39, 0.29) is 6.10 Å². The molecule has 0 radical (unpaired) electrons. The third-order valence-electron chi connectivity index (χ3n) is 3.93. The molecule has 4 heteroatoms. The van der Waals surface area contributed by atoms with Crippen LogP contribution in [0.3, 0.4) is 0 Å². The fraction of sp³-hybridized carbons (Fsp3) is 0.500. The Balaban J connectivity index is 1.80. The lowest BCUT2D eigenvalue weighted by Gasteiger charge is -2.19. The van der Waals surface area contributed by atoms with Crippen molar-refractivity contribution in [2.24, 2.45) is 5.92 Å². The molecule has 3 rings (SSSR count). The summed E-state index contributed by atoms with van der Waals surface area (Å²) in [7, 11) is 0. The third kappa shape index (κ3) is 2.92. The highest BCUT2D eigenvalue weighted by Crippen LogP contribution is 2.29. The zero-order valence-corrected chi connectivity index (χ0v) is 13.4. The average Bonchev–Trinajstić information content (AvgIpc) is 2.67. The van der Waals surface area contributed by atoms with E-state index in [0.717, 1.165) is 40.8 Å². The van der Waals surface area contributed by atoms with Gasteiger partial charge in [-0.3, -0.25) is 0 Å². The Morgan fingerprint density at radius 1 is 1.30 bits per heavy atom. The van der Waals surface area contributed by atoms with Crippen LogP contribution < -0.4 is 5.32 Å². The molecule has 0 spiro atoms. The first-order valence-corrected chi connectivity index (χ1v) is 7.97. The van der Waals surface area contributed by atoms with E-state index >= 15 is 0 Å². The van der Waals surface area contributed by atoms with Crippen LogP contribution in [0, 0.1) is 5.92 Å². The van der Waals surface area contributed by atoms with Gasteiger partial charge in [-0.1, -0.05) is 29.8 Å². The molecule has 2 unspecified atom stereocenters. The molecule has 108 valence electrons. The number of benzene rings is 1. The number of hydrogen-bond acceptors (Lipinski definition) is 3. The molecule has 0 saturated carbocycles. The first-order valence-electron chi connectivity index (χ1n) is 7.17. The van der Waals surface area contributed by atoms with Gasteiger partial charge in [-0.15, -0.1) is 0 Å². The van der Waals surface area contributed by atoms with Crippen molar-refractivity contribution in [3.05, 3.63) is 34.5 Å². The Labute approximate surface area is 127 Å². The zero-order chi connectivity index (χ0) is 14.1. The van der Waals surface area contributed by atoms with Crippen LogP contribution in [-0.4, -0.2) is 19.2 Å². The minimum absolute atomic E-state index is 0.00456. The SMILES string of the molecule is CC(C)C1CCOC(c2cc3cc(Br)ccc3o2)CN1. The Bertz CT molecular complexity index is 593. The van der Waals surface area contributed by atoms with Gasteiger partial charge in [0.25, 0.3) is 0 Å². The van der Waals surface area contributed by atoms with E-state index in [1.165, 1.54) is 0 Å². The van der Waals surface area contributed by atoms with Crippen molar-refractivity contribution >= 4 is 26.9 Å². The van der Waals surface area contributed by atoms with E-state index < -0.39 is 0 Å². The molecule has 2 atom stereocenters. The minimum atomic E-state index is 0.00456. The van der Waals surface area contributed by atoms with Crippen molar-refractivity contribution in [3.8, 4) is 0 Å². The number of ether oxygens (including phenoxy) is 1. The van der Waals surface area contributed by atoms with Gasteiger partial charge < -0.3 is 14.5 Å². The molecule has 20 heavy (non-hydrogen) atoms. The van der Waals surface area contributed by atoms with Gasteiger partial charge in [0, 0.05) is 29.1 Å². The number of rotatable bonds is 2. The van der Waals surface area contributed by atoms with Gasteiger partial charge in [0.05, 0.1) is 0 Å². The van der Waals surface area contributed by atoms with Crippen molar-refractivity contribution in [3.63, 3.8) is 0 Å². The van der Waals surface area contributed by atoms with Gasteiger partial charge in [-0.2, -0.15) is 0 Å². The summed E-state index contributed by atoms with van der Waals surface area (Å²) < 4.78 is 13.0. The molecule has 2 heterocycles. The second-order valence-corrected chi connectivity index (χ2v) is 6.65. The van der Waals surface area contributed by atoms with Crippen LogP contribution in [0.25, 0.3) is 11.0 Å². The van der Waals surface area contributed by atoms with Crippen molar-refractivity contribution in [2.45, 2.75) is 32.4 Å². The highest BCUT2D eigenvalue weighted by atomic mass is 79.9. The maximum atomic E-state index is 5.96. The molecule has 0 aliphatic carbocycles. The minimum Gasteiger partial charge on any atom is -0.458 e. The second kappa shape index (κ2) is 5.88. The Hall–Kier alpha value is -0.840. The van der Waals surface area contributed by atoms with Crippen LogP contribution in [0.1, 0.15) is 32.1 Å². The first kappa shape index (κ1) is 14.1. The van der Waals surface area contributed by atoms with Crippen LogP contribution in [0.15, 0.2) is 33.2 Å². The van der Waals surface area contributed by atoms with Gasteiger partial charge in [0.15, 0.2) is 0 Å². The number of fused-ring (bicyclic) bond motifs is 1. The highest BCUT2D eigenvalue weighted by molar-refractivity contribution is 9.10. The monoisotopic (exact) mass is 337 g/mol. The lowest BCUT2D eigenvalue weighted by molar-refractivity contribution is 0.0519. The summed E-state index contributed by atoms with van der Waals surface area (Å²) >= 11 is 3.49. The highest BCUT2D eigenvalue weighted by Gasteiger charge is 2.24. The van der Waals surface area contributed by atoms with Gasteiger partial charge in [-0.25, -0.2) is 0 Å². The van der Waals surface area contributed by atoms with E-state index in [2.05, 4.69) is 47.2 Å². The molecule has 1 aromatic heterocycles. The third-order valence-corrected chi connectivity index (χ3v) is 4.43. The van der Waals surface area contributed by atoms with Crippen molar-refractivity contribution in [2.75, 3.05) is 13.2 Å². The van der Waals surface area contributed by atoms with Crippen LogP contribution in [0.4, 0.5) is 0 Å². The second-order valence-electron chi connectivity index (χ2n) is 5.74. The van der Waals surface area contributed by atoms with Gasteiger partial charge in [-0.05, 0) is 36.6 Å². The fourth-order valence-electron chi connectivity index (χ4n) is 2.70. The number of furan rings is 1. The van der Waals surface area contributed by atoms with Crippen molar-refractivity contribution in [1.29, 1.82) is 0 Å². The van der Waals surface area contributed by atoms with E-state index in [9.17, 15) is 0 Å². The van der Waals surface area contributed by atoms with Crippen LogP contribution in [0.2, 0.25) is 0 Å². The van der Waals surface area contributed by atoms with Gasteiger partial charge >= 0.3 is 0 Å². The molecule has 0 bridgehead atoms. The molecular formula is C16H20BrNO2. The molecule has 1 aliphatic heterocycles. The molecule has 1 fully saturated rings. The Morgan fingerprint density at radius 2 is 2.15 bits per heavy atom. The largest absolute Gasteiger partial charge is 0.458 e. The average molecular weight is 338 g/mol. The molecular weight excluding hydrogens is 318 g/mol. The molecule has 1 aliphatic rings. The molecule has 1 N–H and O–H groups in total. The summed E-state index contributed by atoms with van der Waals surface area (Å²) in [6.45, 7) is 6.08. The Morgan fingerprint density at radius 3 is 2.95 bits per heavy atom. The summed E-state index contributed by atoms with van der Waals surface area (Å²) in [4.78, 5) is 0. The van der Waals surface area contributed by atoms with Crippen LogP contribution in [0.5, 0.6) is 0 Å². The zero-order valence-electron chi connectivity index (χ0n) is 11.9. The van der Waals surface area contributed by atoms with E-state index in [1.54, 1.807) is 0 Å². The van der Waals surface area contributed by atoms with Gasteiger partial charge in [0.1, 0.15) is 17.4 Å². The molecule has 0 amide bonds. The maximum absolute atomic E-state index is 5.96. The molecule has 1 saturated heterocycles. The predicted octanol–water partition coefficient (Wildman–Crippen LogP) is 4.27. The van der Waals surface area contributed by atoms with Crippen molar-refractivity contribution in [1.82, 2.24) is 5.32 Å². The summed E-state index contributed by atoms with van der Waals surface area (Å²) in [5, 5.41) is 4.70. The van der Waals surface area contributed by atoms with Crippen LogP contribution >= 0.6 is 15.9 Å². The number of nitrogens with one attached hydrogen (secondary N) is 1. The lowest BCUT2D eigenvalue weighted by Crippen LogP contribution is -2.34. The number of halogens is 1. The first-order chi connectivity index (χ1) is 9.63. The molecule has 1 aromatic carbocycles. The van der Waals surface area contributed by atoms with Crippen molar-refractivity contribution < 1.29 is 9.15 Å². The fourth-order valence-corrected chi connectivity index (χ4v) is 3.08. The van der Waals surface area contributed by atoms with E-state index in [0.29, 0.717) is 12.0 Å². The summed E-state index contributed by atoms with van der Waals surface area (Å²) in [5.74, 6) is 1.54. The standard InChI is InChI=1S/C16H20BrNO2/c1-10(2)13-5-6-19-16(9-18-13)15-8-11-7-12(17)3-4-14(11)20-15/h3-4,7-8,10,13,16,18H,5-6,9H2,1-2H3. The quantitative estimate of drug-likeness (QED) is 0.888. The summed E-state index contributed by atoms with van der Waals surface area (Å²) in [6.07, 6.45) is 1.06. The topological polar surface area (TPSA) is 34.4 Å². The predicted molar refractivity (Wildman–Crippen MR) is 83.9 cm³/mol. The van der Waals surface area contributed by atoms with E-state index in [4.69, 9.17) is 9.15 Å². The number of hydrogen-bond donors (Lipinski definition) is 1. The van der Waals surface area contributed by atoms with E-state index in [1.807, 2.05) is 12.1 Å². The lowest BCUT2D eigenvalue weighted by atomic mass is 10.0. The molecule has 2 aromatic rings. The molecule has 3 nitrogen and oxygen atoms in total. The van der Waals surface area contributed by atoms with Gasteiger partial charge in [0.2, 0.25) is 0 Å². The smallest absolute Gasteiger partial charge is 0.135 e. The summed E-state index contributed by atoms with van der Waals surface area (Å²) in [5.41, 5.74) is 0.913. The van der Waals surface area contributed by atoms with Crippen LogP contribution in [-0.2, 0) is 4.74 Å². The maximum Gasteiger partial charge on any atom is 0.135 e.